The van der Waals surface area contributed by atoms with E-state index in [0.29, 0.717) is 37.4 Å². The number of hydrogen-bond acceptors (Lipinski definition) is 5. The van der Waals surface area contributed by atoms with Crippen molar-refractivity contribution in [1.82, 2.24) is 0 Å². The van der Waals surface area contributed by atoms with Crippen LogP contribution in [0.25, 0.3) is 0 Å². The second kappa shape index (κ2) is 16.9. The molecule has 5 fully saturated rings. The molecule has 0 aromatic carbocycles. The van der Waals surface area contributed by atoms with Crippen LogP contribution in [0.15, 0.2) is 47.6 Å². The first-order valence-corrected chi connectivity index (χ1v) is 28.2. The molecule has 0 N–H and O–H groups in total. The van der Waals surface area contributed by atoms with Crippen molar-refractivity contribution in [2.75, 3.05) is 13.2 Å². The summed E-state index contributed by atoms with van der Waals surface area (Å²) < 4.78 is 26.8. The maximum Gasteiger partial charge on any atom is 0.192 e. The van der Waals surface area contributed by atoms with Gasteiger partial charge in [-0.15, -0.1) is 0 Å². The van der Waals surface area contributed by atoms with Crippen LogP contribution in [0.4, 0.5) is 0 Å². The Bertz CT molecular complexity index is 1460. The average Bonchev–Trinajstić information content (AvgIpc) is 3.57. The number of allylic oxidation sites excluding steroid dienone is 5. The Hall–Kier alpha value is -1.10. The van der Waals surface area contributed by atoms with E-state index in [1.165, 1.54) is 37.7 Å². The average molecular weight is 795 g/mol. The summed E-state index contributed by atoms with van der Waals surface area (Å²) in [4.78, 5) is 13.3. The zero-order valence-electron chi connectivity index (χ0n) is 37.8. The molecule has 1 heterocycles. The molecule has 0 aromatic heterocycles. The fourth-order valence-electron chi connectivity index (χ4n) is 10.3. The lowest BCUT2D eigenvalue weighted by Crippen LogP contribution is -2.49. The van der Waals surface area contributed by atoms with Crippen molar-refractivity contribution in [3.63, 3.8) is 0 Å². The number of ether oxygens (including phenoxy) is 2. The predicted octanol–water partition coefficient (Wildman–Crippen LogP) is 13.4. The zero-order chi connectivity index (χ0) is 40.7. The molecule has 5 rings (SSSR count). The van der Waals surface area contributed by atoms with Crippen LogP contribution in [0, 0.1) is 28.6 Å². The van der Waals surface area contributed by atoms with Crippen LogP contribution in [-0.4, -0.2) is 53.6 Å². The first-order chi connectivity index (χ1) is 25.5. The molecule has 6 atom stereocenters. The topological polar surface area (TPSA) is 54.0 Å². The normalized spacial score (nSPS) is 32.1. The number of ketones is 1. The molecule has 1 aliphatic heterocycles. The van der Waals surface area contributed by atoms with Crippen LogP contribution >= 0.6 is 0 Å². The quantitative estimate of drug-likeness (QED) is 0.122. The molecular formula is C48H82O5Si2. The summed E-state index contributed by atoms with van der Waals surface area (Å²) in [6.07, 6.45) is 24.1. The Morgan fingerprint density at radius 2 is 1.58 bits per heavy atom. The highest BCUT2D eigenvalue weighted by molar-refractivity contribution is 6.74. The minimum Gasteiger partial charge on any atom is -0.413 e. The molecule has 0 bridgehead atoms. The molecule has 4 saturated carbocycles. The van der Waals surface area contributed by atoms with Gasteiger partial charge in [0.25, 0.3) is 0 Å². The van der Waals surface area contributed by atoms with Crippen molar-refractivity contribution >= 4 is 22.4 Å². The van der Waals surface area contributed by atoms with E-state index < -0.39 is 22.4 Å². The minimum atomic E-state index is -2.01. The van der Waals surface area contributed by atoms with Crippen molar-refractivity contribution in [3.05, 3.63) is 47.6 Å². The van der Waals surface area contributed by atoms with Crippen LogP contribution in [-0.2, 0) is 23.1 Å². The standard InChI is InChI=1S/C48H82O5Si2/c1-15-16-27-48(50-31-32-51-48)47(29-30-47)28-25-39(49)22-19-35(2)41-23-24-42-37(18-17-26-46(41,42)10)20-21-38-33-40(52-54(11,12)44(4,5)6)34-43(36(38)3)53-55(13,14)45(7,8)9/h19-22,35,40-43H,3,15-18,23-34H2,1-2,4-14H3/b22-19+,37-20+,38-21-/t35-,40-,41-,42+,43+,46-/m1/s1. The van der Waals surface area contributed by atoms with E-state index >= 15 is 0 Å². The lowest BCUT2D eigenvalue weighted by atomic mass is 9.61. The highest BCUT2D eigenvalue weighted by Gasteiger charge is 2.62. The molecule has 5 aliphatic rings. The van der Waals surface area contributed by atoms with Gasteiger partial charge in [-0.3, -0.25) is 4.79 Å². The molecule has 0 spiro atoms. The van der Waals surface area contributed by atoms with Gasteiger partial charge in [0, 0.05) is 24.7 Å². The maximum absolute atomic E-state index is 13.3. The van der Waals surface area contributed by atoms with Gasteiger partial charge in [-0.05, 0) is 141 Å². The van der Waals surface area contributed by atoms with Gasteiger partial charge in [0.2, 0.25) is 0 Å². The Morgan fingerprint density at radius 3 is 2.18 bits per heavy atom. The molecule has 1 saturated heterocycles. The van der Waals surface area contributed by atoms with E-state index in [1.807, 2.05) is 6.08 Å². The first-order valence-electron chi connectivity index (χ1n) is 22.4. The van der Waals surface area contributed by atoms with Gasteiger partial charge in [0.1, 0.15) is 0 Å². The van der Waals surface area contributed by atoms with Crippen LogP contribution < -0.4 is 0 Å². The number of carbonyl (C=O) groups excluding carboxylic acids is 1. The zero-order valence-corrected chi connectivity index (χ0v) is 39.8. The first kappa shape index (κ1) is 45.0. The monoisotopic (exact) mass is 795 g/mol. The third-order valence-corrected chi connectivity index (χ3v) is 25.1. The van der Waals surface area contributed by atoms with Gasteiger partial charge >= 0.3 is 0 Å². The van der Waals surface area contributed by atoms with Gasteiger partial charge < -0.3 is 18.3 Å². The molecule has 0 aromatic rings. The Labute approximate surface area is 340 Å². The lowest BCUT2D eigenvalue weighted by molar-refractivity contribution is -0.213. The minimum absolute atomic E-state index is 0.00162. The Morgan fingerprint density at radius 1 is 0.945 bits per heavy atom. The number of rotatable bonds is 15. The van der Waals surface area contributed by atoms with E-state index in [-0.39, 0.29) is 38.9 Å². The van der Waals surface area contributed by atoms with Crippen LogP contribution in [0.1, 0.15) is 152 Å². The van der Waals surface area contributed by atoms with Crippen LogP contribution in [0.5, 0.6) is 0 Å². The predicted molar refractivity (Wildman–Crippen MR) is 235 cm³/mol. The van der Waals surface area contributed by atoms with Crippen molar-refractivity contribution < 1.29 is 23.1 Å². The third-order valence-electron chi connectivity index (χ3n) is 16.1. The van der Waals surface area contributed by atoms with Crippen LogP contribution in [0.3, 0.4) is 0 Å². The lowest BCUT2D eigenvalue weighted by Gasteiger charge is -2.45. The Balaban J connectivity index is 1.27. The van der Waals surface area contributed by atoms with Crippen molar-refractivity contribution in [1.29, 1.82) is 0 Å². The summed E-state index contributed by atoms with van der Waals surface area (Å²) in [5.74, 6) is 1.35. The molecule has 4 aliphatic carbocycles. The molecule has 5 nitrogen and oxygen atoms in total. The molecule has 0 unspecified atom stereocenters. The van der Waals surface area contributed by atoms with E-state index in [2.05, 4.69) is 107 Å². The fourth-order valence-corrected chi connectivity index (χ4v) is 13.0. The van der Waals surface area contributed by atoms with Crippen LogP contribution in [0.2, 0.25) is 36.3 Å². The Kier molecular flexibility index (Phi) is 13.8. The van der Waals surface area contributed by atoms with Gasteiger partial charge in [-0.2, -0.15) is 0 Å². The van der Waals surface area contributed by atoms with E-state index in [1.54, 1.807) is 5.57 Å². The molecule has 0 radical (unpaired) electrons. The second-order valence-electron chi connectivity index (χ2n) is 21.9. The molecule has 7 heteroatoms. The molecule has 55 heavy (non-hydrogen) atoms. The summed E-state index contributed by atoms with van der Waals surface area (Å²) >= 11 is 0. The van der Waals surface area contributed by atoms with E-state index in [0.717, 1.165) is 56.9 Å². The maximum atomic E-state index is 13.3. The van der Waals surface area contributed by atoms with Gasteiger partial charge in [0.15, 0.2) is 28.2 Å². The van der Waals surface area contributed by atoms with Crippen molar-refractivity contribution in [2.24, 2.45) is 28.6 Å². The summed E-state index contributed by atoms with van der Waals surface area (Å²) in [7, 11) is -3.97. The van der Waals surface area contributed by atoms with Gasteiger partial charge in [-0.25, -0.2) is 0 Å². The molecule has 0 amide bonds. The largest absolute Gasteiger partial charge is 0.413 e. The highest BCUT2D eigenvalue weighted by atomic mass is 28.4. The van der Waals surface area contributed by atoms with Gasteiger partial charge in [0.05, 0.1) is 25.4 Å². The third kappa shape index (κ3) is 9.70. The van der Waals surface area contributed by atoms with Crippen molar-refractivity contribution in [3.8, 4) is 0 Å². The second-order valence-corrected chi connectivity index (χ2v) is 31.4. The van der Waals surface area contributed by atoms with E-state index in [4.69, 9.17) is 24.9 Å². The summed E-state index contributed by atoms with van der Waals surface area (Å²) in [5.41, 5.74) is 4.37. The molecule has 312 valence electrons. The summed E-state index contributed by atoms with van der Waals surface area (Å²) in [6.45, 7) is 36.7. The number of hydrogen-bond donors (Lipinski definition) is 0. The highest BCUT2D eigenvalue weighted by Crippen LogP contribution is 2.62. The fraction of sp³-hybridized carbons (Fsp3) is 0.812. The van der Waals surface area contributed by atoms with Crippen molar-refractivity contribution in [2.45, 2.75) is 206 Å². The SMILES string of the molecule is C=C1/C(=C\C=C2/CCC[C@]3(C)[C@@H]([C@H](C)/C=C/C(=O)CCC4(C5(CCCC)OCCO5)CC4)CC[C@@H]23)C[C@@H](O[Si](C)(C)C(C)(C)C)C[C@@H]1O[Si](C)(C)C(C)(C)C. The summed E-state index contributed by atoms with van der Waals surface area (Å²) in [6, 6.07) is 0. The smallest absolute Gasteiger partial charge is 0.192 e. The summed E-state index contributed by atoms with van der Waals surface area (Å²) in [5, 5.41) is 0.291. The number of fused-ring (bicyclic) bond motifs is 1. The number of carbonyl (C=O) groups is 1. The molecular weight excluding hydrogens is 713 g/mol. The van der Waals surface area contributed by atoms with E-state index in [9.17, 15) is 4.79 Å². The number of unbranched alkanes of at least 4 members (excludes halogenated alkanes) is 1. The van der Waals surface area contributed by atoms with Gasteiger partial charge in [-0.1, -0.05) is 99.1 Å².